The molecule has 0 bridgehead atoms. The first-order valence-electron chi connectivity index (χ1n) is 7.48. The first-order valence-corrected chi connectivity index (χ1v) is 7.48. The Labute approximate surface area is 114 Å². The van der Waals surface area contributed by atoms with Crippen molar-refractivity contribution in [3.8, 4) is 0 Å². The first-order chi connectivity index (χ1) is 8.36. The Hall–Kier alpha value is -0.120. The van der Waals surface area contributed by atoms with E-state index in [1.54, 1.807) is 0 Å². The number of rotatable bonds is 7. The smallest absolute Gasteiger partial charge is 0.0229 e. The predicted octanol–water partition coefficient (Wildman–Crippen LogP) is 2.04. The number of hydrogen-bond acceptors (Lipinski definition) is 3. The van der Waals surface area contributed by atoms with Gasteiger partial charge in [0.2, 0.25) is 0 Å². The van der Waals surface area contributed by atoms with E-state index in [1.807, 2.05) is 0 Å². The molecule has 2 unspecified atom stereocenters. The lowest BCUT2D eigenvalue weighted by atomic mass is 9.86. The van der Waals surface area contributed by atoms with Crippen molar-refractivity contribution in [3.63, 3.8) is 0 Å². The third-order valence-corrected chi connectivity index (χ3v) is 4.37. The SMILES string of the molecule is CCC(C)(CNC(C)C)CN1CCC(N(C)C)C1. The van der Waals surface area contributed by atoms with Gasteiger partial charge in [0.25, 0.3) is 0 Å². The lowest BCUT2D eigenvalue weighted by molar-refractivity contribution is 0.167. The summed E-state index contributed by atoms with van der Waals surface area (Å²) in [5.41, 5.74) is 0.408. The van der Waals surface area contributed by atoms with Gasteiger partial charge in [-0.3, -0.25) is 0 Å². The first kappa shape index (κ1) is 15.9. The Kier molecular flexibility index (Phi) is 6.09. The monoisotopic (exact) mass is 255 g/mol. The Morgan fingerprint density at radius 1 is 1.39 bits per heavy atom. The van der Waals surface area contributed by atoms with Gasteiger partial charge in [0.1, 0.15) is 0 Å². The van der Waals surface area contributed by atoms with E-state index in [0.717, 1.165) is 12.6 Å². The molecule has 3 heteroatoms. The highest BCUT2D eigenvalue weighted by Gasteiger charge is 2.30. The maximum Gasteiger partial charge on any atom is 0.0229 e. The summed E-state index contributed by atoms with van der Waals surface area (Å²) in [6, 6.07) is 1.34. The molecule has 0 radical (unpaired) electrons. The van der Waals surface area contributed by atoms with Crippen molar-refractivity contribution in [2.45, 2.75) is 52.6 Å². The molecule has 1 fully saturated rings. The second-order valence-electron chi connectivity index (χ2n) is 6.84. The van der Waals surface area contributed by atoms with E-state index in [1.165, 1.54) is 32.5 Å². The lowest BCUT2D eigenvalue weighted by Gasteiger charge is -2.34. The summed E-state index contributed by atoms with van der Waals surface area (Å²) in [7, 11) is 4.40. The molecule has 0 aromatic heterocycles. The van der Waals surface area contributed by atoms with Crippen LogP contribution in [0.5, 0.6) is 0 Å². The number of nitrogens with zero attached hydrogens (tertiary/aromatic N) is 2. The molecule has 0 aromatic rings. The minimum Gasteiger partial charge on any atom is -0.314 e. The second-order valence-corrected chi connectivity index (χ2v) is 6.84. The Morgan fingerprint density at radius 3 is 2.50 bits per heavy atom. The molecule has 18 heavy (non-hydrogen) atoms. The molecule has 0 saturated carbocycles. The van der Waals surface area contributed by atoms with Gasteiger partial charge in [-0.05, 0) is 38.9 Å². The van der Waals surface area contributed by atoms with Crippen LogP contribution in [0, 0.1) is 5.41 Å². The fourth-order valence-electron chi connectivity index (χ4n) is 2.66. The fraction of sp³-hybridized carbons (Fsp3) is 1.00. The van der Waals surface area contributed by atoms with E-state index in [4.69, 9.17) is 0 Å². The highest BCUT2D eigenvalue weighted by Crippen LogP contribution is 2.25. The Balaban J connectivity index is 2.43. The van der Waals surface area contributed by atoms with E-state index in [9.17, 15) is 0 Å². The number of hydrogen-bond donors (Lipinski definition) is 1. The van der Waals surface area contributed by atoms with E-state index >= 15 is 0 Å². The van der Waals surface area contributed by atoms with E-state index in [-0.39, 0.29) is 0 Å². The van der Waals surface area contributed by atoms with Crippen LogP contribution in [0.15, 0.2) is 0 Å². The van der Waals surface area contributed by atoms with Gasteiger partial charge in [-0.25, -0.2) is 0 Å². The van der Waals surface area contributed by atoms with Gasteiger partial charge in [-0.2, -0.15) is 0 Å². The Bertz CT molecular complexity index is 240. The summed E-state index contributed by atoms with van der Waals surface area (Å²) in [5, 5.41) is 3.61. The van der Waals surface area contributed by atoms with Gasteiger partial charge in [0.05, 0.1) is 0 Å². The summed E-state index contributed by atoms with van der Waals surface area (Å²) < 4.78 is 0. The van der Waals surface area contributed by atoms with Crippen LogP contribution in [-0.2, 0) is 0 Å². The quantitative estimate of drug-likeness (QED) is 0.751. The maximum absolute atomic E-state index is 3.61. The average molecular weight is 255 g/mol. The summed E-state index contributed by atoms with van der Waals surface area (Å²) in [6.45, 7) is 14.1. The number of likely N-dealkylation sites (tertiary alicyclic amines) is 1. The van der Waals surface area contributed by atoms with Gasteiger partial charge in [-0.15, -0.1) is 0 Å². The van der Waals surface area contributed by atoms with Crippen LogP contribution in [-0.4, -0.2) is 62.2 Å². The molecule has 2 atom stereocenters. The molecule has 108 valence electrons. The van der Waals surface area contributed by atoms with Gasteiger partial charge in [0, 0.05) is 31.7 Å². The number of likely N-dealkylation sites (N-methyl/N-ethyl adjacent to an activating group) is 1. The summed E-state index contributed by atoms with van der Waals surface area (Å²) in [5.74, 6) is 0. The zero-order valence-electron chi connectivity index (χ0n) is 13.3. The van der Waals surface area contributed by atoms with Gasteiger partial charge >= 0.3 is 0 Å². The summed E-state index contributed by atoms with van der Waals surface area (Å²) in [6.07, 6.45) is 2.57. The van der Waals surface area contributed by atoms with Gasteiger partial charge in [-0.1, -0.05) is 27.7 Å². The zero-order valence-corrected chi connectivity index (χ0v) is 13.3. The minimum atomic E-state index is 0.408. The molecule has 0 amide bonds. The Morgan fingerprint density at radius 2 is 2.06 bits per heavy atom. The lowest BCUT2D eigenvalue weighted by Crippen LogP contribution is -2.43. The molecule has 0 spiro atoms. The third-order valence-electron chi connectivity index (χ3n) is 4.37. The fourth-order valence-corrected chi connectivity index (χ4v) is 2.66. The third kappa shape index (κ3) is 4.87. The van der Waals surface area contributed by atoms with Crippen LogP contribution < -0.4 is 5.32 Å². The molecule has 1 aliphatic heterocycles. The minimum absolute atomic E-state index is 0.408. The van der Waals surface area contributed by atoms with Crippen molar-refractivity contribution in [2.24, 2.45) is 5.41 Å². The zero-order chi connectivity index (χ0) is 13.8. The number of nitrogens with one attached hydrogen (secondary N) is 1. The topological polar surface area (TPSA) is 18.5 Å². The second kappa shape index (κ2) is 6.88. The summed E-state index contributed by atoms with van der Waals surface area (Å²) in [4.78, 5) is 5.02. The van der Waals surface area contributed by atoms with E-state index in [0.29, 0.717) is 11.5 Å². The van der Waals surface area contributed by atoms with Crippen LogP contribution in [0.4, 0.5) is 0 Å². The van der Waals surface area contributed by atoms with Gasteiger partial charge < -0.3 is 15.1 Å². The van der Waals surface area contributed by atoms with Crippen LogP contribution >= 0.6 is 0 Å². The molecule has 1 aliphatic rings. The van der Waals surface area contributed by atoms with Crippen molar-refractivity contribution >= 4 is 0 Å². The molecule has 1 saturated heterocycles. The van der Waals surface area contributed by atoms with Crippen molar-refractivity contribution in [1.29, 1.82) is 0 Å². The molecule has 3 nitrogen and oxygen atoms in total. The molecule has 0 aliphatic carbocycles. The van der Waals surface area contributed by atoms with Crippen molar-refractivity contribution in [1.82, 2.24) is 15.1 Å². The van der Waals surface area contributed by atoms with Crippen LogP contribution in [0.2, 0.25) is 0 Å². The largest absolute Gasteiger partial charge is 0.314 e. The van der Waals surface area contributed by atoms with Crippen LogP contribution in [0.25, 0.3) is 0 Å². The normalized spacial score (nSPS) is 25.0. The highest BCUT2D eigenvalue weighted by atomic mass is 15.2. The van der Waals surface area contributed by atoms with Crippen LogP contribution in [0.3, 0.4) is 0 Å². The van der Waals surface area contributed by atoms with Crippen molar-refractivity contribution in [2.75, 3.05) is 40.3 Å². The molecule has 1 N–H and O–H groups in total. The van der Waals surface area contributed by atoms with Gasteiger partial charge in [0.15, 0.2) is 0 Å². The maximum atomic E-state index is 3.61. The van der Waals surface area contributed by atoms with Crippen molar-refractivity contribution < 1.29 is 0 Å². The molecule has 1 rings (SSSR count). The van der Waals surface area contributed by atoms with Crippen LogP contribution in [0.1, 0.15) is 40.5 Å². The summed E-state index contributed by atoms with van der Waals surface area (Å²) >= 11 is 0. The van der Waals surface area contributed by atoms with Crippen molar-refractivity contribution in [3.05, 3.63) is 0 Å². The average Bonchev–Trinajstić information content (AvgIpc) is 2.75. The molecular weight excluding hydrogens is 222 g/mol. The van der Waals surface area contributed by atoms with E-state index in [2.05, 4.69) is 56.9 Å². The highest BCUT2D eigenvalue weighted by molar-refractivity contribution is 4.86. The molecule has 0 aromatic carbocycles. The molecule has 1 heterocycles. The predicted molar refractivity (Wildman–Crippen MR) is 80.1 cm³/mol. The standard InChI is InChI=1S/C15H33N3/c1-7-15(4,11-16-13(2)3)12-18-9-8-14(10-18)17(5)6/h13-14,16H,7-12H2,1-6H3. The van der Waals surface area contributed by atoms with E-state index < -0.39 is 0 Å². The molecular formula is C15H33N3.